The summed E-state index contributed by atoms with van der Waals surface area (Å²) in [4.78, 5) is 13.1. The summed E-state index contributed by atoms with van der Waals surface area (Å²) >= 11 is 0. The van der Waals surface area contributed by atoms with Gasteiger partial charge in [0.1, 0.15) is 17.8 Å². The van der Waals surface area contributed by atoms with Crippen molar-refractivity contribution >= 4 is 5.97 Å². The van der Waals surface area contributed by atoms with Crippen LogP contribution in [0.25, 0.3) is 0 Å². The largest absolute Gasteiger partial charge is 0.497 e. The molecule has 0 bridgehead atoms. The van der Waals surface area contributed by atoms with Crippen LogP contribution in [0.5, 0.6) is 5.75 Å². The summed E-state index contributed by atoms with van der Waals surface area (Å²) in [6.45, 7) is 2.13. The molecule has 0 radical (unpaired) electrons. The van der Waals surface area contributed by atoms with Gasteiger partial charge in [0, 0.05) is 0 Å². The van der Waals surface area contributed by atoms with E-state index in [4.69, 9.17) is 9.47 Å². The van der Waals surface area contributed by atoms with Crippen LogP contribution in [-0.4, -0.2) is 13.1 Å². The Kier molecular flexibility index (Phi) is 5.37. The molecule has 0 saturated heterocycles. The maximum atomic E-state index is 13.1. The van der Waals surface area contributed by atoms with Gasteiger partial charge in [-0.1, -0.05) is 72.8 Å². The lowest BCUT2D eigenvalue weighted by atomic mass is 9.76. The number of hydrogen-bond acceptors (Lipinski definition) is 3. The first kappa shape index (κ1) is 17.7. The van der Waals surface area contributed by atoms with Gasteiger partial charge in [-0.25, -0.2) is 0 Å². The third-order valence-corrected chi connectivity index (χ3v) is 4.64. The number of hydrogen-bond donors (Lipinski definition) is 0. The van der Waals surface area contributed by atoms with Gasteiger partial charge in [0.25, 0.3) is 0 Å². The Morgan fingerprint density at radius 3 is 1.77 bits per heavy atom. The van der Waals surface area contributed by atoms with Crippen LogP contribution in [0.3, 0.4) is 0 Å². The first-order valence-electron chi connectivity index (χ1n) is 8.56. The summed E-state index contributed by atoms with van der Waals surface area (Å²) in [5.41, 5.74) is 1.87. The zero-order chi connectivity index (χ0) is 18.4. The van der Waals surface area contributed by atoms with Crippen LogP contribution >= 0.6 is 0 Å². The predicted octanol–water partition coefficient (Wildman–Crippen LogP) is 4.74. The zero-order valence-corrected chi connectivity index (χ0v) is 15.0. The number of esters is 1. The first-order valence-corrected chi connectivity index (χ1v) is 8.56. The highest BCUT2D eigenvalue weighted by atomic mass is 16.5. The van der Waals surface area contributed by atoms with Crippen molar-refractivity contribution in [3.8, 4) is 5.75 Å². The molecule has 0 fully saturated rings. The van der Waals surface area contributed by atoms with E-state index in [1.54, 1.807) is 7.11 Å². The monoisotopic (exact) mass is 346 g/mol. The number of carbonyl (C=O) groups is 1. The molecular weight excluding hydrogens is 324 g/mol. The maximum Gasteiger partial charge on any atom is 0.321 e. The highest BCUT2D eigenvalue weighted by Crippen LogP contribution is 2.33. The fraction of sp³-hybridized carbons (Fsp3) is 0.174. The van der Waals surface area contributed by atoms with E-state index in [0.717, 1.165) is 22.4 Å². The van der Waals surface area contributed by atoms with E-state index in [2.05, 4.69) is 0 Å². The third kappa shape index (κ3) is 3.62. The van der Waals surface area contributed by atoms with E-state index in [0.29, 0.717) is 0 Å². The number of benzene rings is 3. The molecule has 0 N–H and O–H groups in total. The Morgan fingerprint density at radius 2 is 1.31 bits per heavy atom. The summed E-state index contributed by atoms with van der Waals surface area (Å²) in [5, 5.41) is 0. The van der Waals surface area contributed by atoms with E-state index in [1.165, 1.54) is 0 Å². The van der Waals surface area contributed by atoms with Crippen molar-refractivity contribution in [2.45, 2.75) is 18.9 Å². The van der Waals surface area contributed by atoms with Crippen LogP contribution in [0.1, 0.15) is 23.6 Å². The van der Waals surface area contributed by atoms with Crippen molar-refractivity contribution in [1.82, 2.24) is 0 Å². The van der Waals surface area contributed by atoms with Crippen LogP contribution in [0.4, 0.5) is 0 Å². The SMILES string of the molecule is COc1ccc(COC(=O)C(C)(c2ccccc2)c2ccccc2)cc1. The Hall–Kier alpha value is -3.07. The van der Waals surface area contributed by atoms with Crippen LogP contribution in [0.15, 0.2) is 84.9 Å². The third-order valence-electron chi connectivity index (χ3n) is 4.64. The molecule has 0 unspecified atom stereocenters. The van der Waals surface area contributed by atoms with Crippen molar-refractivity contribution in [3.63, 3.8) is 0 Å². The Morgan fingerprint density at radius 1 is 0.808 bits per heavy atom. The minimum atomic E-state index is -0.866. The highest BCUT2D eigenvalue weighted by molar-refractivity contribution is 5.87. The van der Waals surface area contributed by atoms with Crippen LogP contribution in [0.2, 0.25) is 0 Å². The van der Waals surface area contributed by atoms with Crippen molar-refractivity contribution < 1.29 is 14.3 Å². The molecule has 3 aromatic rings. The second-order valence-electron chi connectivity index (χ2n) is 6.28. The number of carbonyl (C=O) groups excluding carboxylic acids is 1. The molecule has 3 aromatic carbocycles. The van der Waals surface area contributed by atoms with Gasteiger partial charge in [0.2, 0.25) is 0 Å². The van der Waals surface area contributed by atoms with E-state index in [-0.39, 0.29) is 12.6 Å². The molecule has 132 valence electrons. The summed E-state index contributed by atoms with van der Waals surface area (Å²) in [7, 11) is 1.63. The minimum absolute atomic E-state index is 0.220. The molecule has 0 aromatic heterocycles. The Balaban J connectivity index is 1.86. The van der Waals surface area contributed by atoms with E-state index in [1.807, 2.05) is 91.9 Å². The fourth-order valence-corrected chi connectivity index (χ4v) is 2.96. The summed E-state index contributed by atoms with van der Waals surface area (Å²) < 4.78 is 10.9. The molecular formula is C23H22O3. The van der Waals surface area contributed by atoms with Crippen molar-refractivity contribution in [2.24, 2.45) is 0 Å². The second-order valence-corrected chi connectivity index (χ2v) is 6.28. The molecule has 0 aliphatic heterocycles. The molecule has 3 heteroatoms. The molecule has 0 aliphatic carbocycles. The topological polar surface area (TPSA) is 35.5 Å². The summed E-state index contributed by atoms with van der Waals surface area (Å²) in [6.07, 6.45) is 0. The molecule has 26 heavy (non-hydrogen) atoms. The summed E-state index contributed by atoms with van der Waals surface area (Å²) in [6, 6.07) is 27.0. The number of methoxy groups -OCH3 is 1. The molecule has 0 amide bonds. The van der Waals surface area contributed by atoms with Crippen molar-refractivity contribution in [1.29, 1.82) is 0 Å². The van der Waals surface area contributed by atoms with E-state index in [9.17, 15) is 4.79 Å². The average molecular weight is 346 g/mol. The van der Waals surface area contributed by atoms with E-state index >= 15 is 0 Å². The molecule has 3 rings (SSSR count). The lowest BCUT2D eigenvalue weighted by molar-refractivity contribution is -0.149. The first-order chi connectivity index (χ1) is 12.6. The molecule has 0 aliphatic rings. The van der Waals surface area contributed by atoms with Gasteiger partial charge in [-0.15, -0.1) is 0 Å². The minimum Gasteiger partial charge on any atom is -0.497 e. The van der Waals surface area contributed by atoms with Gasteiger partial charge >= 0.3 is 5.97 Å². The predicted molar refractivity (Wildman–Crippen MR) is 102 cm³/mol. The van der Waals surface area contributed by atoms with Crippen molar-refractivity contribution in [2.75, 3.05) is 7.11 Å². The quantitative estimate of drug-likeness (QED) is 0.605. The normalized spacial score (nSPS) is 11.0. The maximum absolute atomic E-state index is 13.1. The smallest absolute Gasteiger partial charge is 0.321 e. The average Bonchev–Trinajstić information content (AvgIpc) is 2.73. The lowest BCUT2D eigenvalue weighted by Crippen LogP contribution is -2.35. The number of ether oxygens (including phenoxy) is 2. The second kappa shape index (κ2) is 7.87. The van der Waals surface area contributed by atoms with Gasteiger partial charge in [-0.05, 0) is 35.7 Å². The van der Waals surface area contributed by atoms with Gasteiger partial charge in [0.15, 0.2) is 0 Å². The van der Waals surface area contributed by atoms with Gasteiger partial charge < -0.3 is 9.47 Å². The van der Waals surface area contributed by atoms with Crippen LogP contribution in [0, 0.1) is 0 Å². The fourth-order valence-electron chi connectivity index (χ4n) is 2.96. The molecule has 0 atom stereocenters. The molecule has 0 spiro atoms. The van der Waals surface area contributed by atoms with Gasteiger partial charge in [-0.2, -0.15) is 0 Å². The van der Waals surface area contributed by atoms with Crippen molar-refractivity contribution in [3.05, 3.63) is 102 Å². The summed E-state index contributed by atoms with van der Waals surface area (Å²) in [5.74, 6) is 0.504. The van der Waals surface area contributed by atoms with Gasteiger partial charge in [0.05, 0.1) is 7.11 Å². The van der Waals surface area contributed by atoms with Crippen LogP contribution < -0.4 is 4.74 Å². The van der Waals surface area contributed by atoms with Gasteiger partial charge in [-0.3, -0.25) is 4.79 Å². The molecule has 0 saturated carbocycles. The highest BCUT2D eigenvalue weighted by Gasteiger charge is 2.38. The zero-order valence-electron chi connectivity index (χ0n) is 15.0. The standard InChI is InChI=1S/C23H22O3/c1-23(19-9-5-3-6-10-19,20-11-7-4-8-12-20)22(24)26-17-18-13-15-21(25-2)16-14-18/h3-16H,17H2,1-2H3. The lowest BCUT2D eigenvalue weighted by Gasteiger charge is -2.28. The van der Waals surface area contributed by atoms with E-state index < -0.39 is 5.41 Å². The Bertz CT molecular complexity index is 800. The molecule has 0 heterocycles. The van der Waals surface area contributed by atoms with Crippen LogP contribution in [-0.2, 0) is 21.6 Å². The molecule has 3 nitrogen and oxygen atoms in total. The Labute approximate surface area is 154 Å². The number of rotatable bonds is 6.